The molecule has 0 atom stereocenters. The second-order valence-electron chi connectivity index (χ2n) is 4.07. The molecule has 0 saturated carbocycles. The SMILES string of the molecule is COc1ccc(N(C(N)=S)c2ccc(OC)cc2)cc1. The van der Waals surface area contributed by atoms with Crippen molar-refractivity contribution in [3.8, 4) is 11.5 Å². The van der Waals surface area contributed by atoms with E-state index in [-0.39, 0.29) is 5.11 Å². The zero-order chi connectivity index (χ0) is 14.5. The van der Waals surface area contributed by atoms with E-state index in [2.05, 4.69) is 0 Å². The smallest absolute Gasteiger partial charge is 0.175 e. The second-order valence-corrected chi connectivity index (χ2v) is 4.49. The molecule has 104 valence electrons. The minimum Gasteiger partial charge on any atom is -0.497 e. The van der Waals surface area contributed by atoms with Gasteiger partial charge in [0, 0.05) is 11.4 Å². The molecule has 2 aromatic rings. The molecule has 0 radical (unpaired) electrons. The summed E-state index contributed by atoms with van der Waals surface area (Å²) in [7, 11) is 3.26. The maximum Gasteiger partial charge on any atom is 0.175 e. The number of rotatable bonds is 4. The fourth-order valence-corrected chi connectivity index (χ4v) is 2.08. The van der Waals surface area contributed by atoms with Crippen LogP contribution in [-0.4, -0.2) is 19.3 Å². The molecule has 0 aliphatic heterocycles. The summed E-state index contributed by atoms with van der Waals surface area (Å²) in [4.78, 5) is 1.79. The highest BCUT2D eigenvalue weighted by Gasteiger charge is 2.12. The van der Waals surface area contributed by atoms with Gasteiger partial charge in [0.25, 0.3) is 0 Å². The van der Waals surface area contributed by atoms with E-state index in [1.165, 1.54) is 0 Å². The van der Waals surface area contributed by atoms with Gasteiger partial charge in [-0.2, -0.15) is 0 Å². The fraction of sp³-hybridized carbons (Fsp3) is 0.133. The van der Waals surface area contributed by atoms with Crippen molar-refractivity contribution in [3.63, 3.8) is 0 Å². The normalized spacial score (nSPS) is 9.90. The summed E-state index contributed by atoms with van der Waals surface area (Å²) in [6, 6.07) is 15.1. The van der Waals surface area contributed by atoms with Crippen LogP contribution in [0.25, 0.3) is 0 Å². The van der Waals surface area contributed by atoms with Gasteiger partial charge in [-0.3, -0.25) is 4.90 Å². The fourth-order valence-electron chi connectivity index (χ4n) is 1.87. The third-order valence-corrected chi connectivity index (χ3v) is 3.06. The Morgan fingerprint density at radius 2 is 1.20 bits per heavy atom. The maximum atomic E-state index is 5.84. The quantitative estimate of drug-likeness (QED) is 0.876. The monoisotopic (exact) mass is 288 g/mol. The van der Waals surface area contributed by atoms with Crippen LogP contribution in [0.5, 0.6) is 11.5 Å². The van der Waals surface area contributed by atoms with Gasteiger partial charge in [0.15, 0.2) is 5.11 Å². The first-order valence-corrected chi connectivity index (χ1v) is 6.44. The van der Waals surface area contributed by atoms with Gasteiger partial charge in [0.2, 0.25) is 0 Å². The Bertz CT molecular complexity index is 534. The van der Waals surface area contributed by atoms with E-state index in [1.807, 2.05) is 48.5 Å². The number of thiocarbonyl (C=S) groups is 1. The van der Waals surface area contributed by atoms with Gasteiger partial charge < -0.3 is 15.2 Å². The van der Waals surface area contributed by atoms with E-state index >= 15 is 0 Å². The van der Waals surface area contributed by atoms with Gasteiger partial charge in [-0.05, 0) is 60.7 Å². The Morgan fingerprint density at radius 3 is 1.45 bits per heavy atom. The highest BCUT2D eigenvalue weighted by Crippen LogP contribution is 2.28. The first-order chi connectivity index (χ1) is 9.65. The molecular weight excluding hydrogens is 272 g/mol. The highest BCUT2D eigenvalue weighted by molar-refractivity contribution is 7.80. The van der Waals surface area contributed by atoms with Crippen molar-refractivity contribution in [2.45, 2.75) is 0 Å². The van der Waals surface area contributed by atoms with Crippen LogP contribution in [0.4, 0.5) is 11.4 Å². The minimum absolute atomic E-state index is 0.278. The van der Waals surface area contributed by atoms with Crippen LogP contribution in [0.1, 0.15) is 0 Å². The van der Waals surface area contributed by atoms with Gasteiger partial charge in [0.05, 0.1) is 14.2 Å². The lowest BCUT2D eigenvalue weighted by molar-refractivity contribution is 0.415. The van der Waals surface area contributed by atoms with Crippen molar-refractivity contribution >= 4 is 28.7 Å². The Labute approximate surface area is 123 Å². The number of hydrogen-bond acceptors (Lipinski definition) is 3. The molecule has 0 heterocycles. The Hall–Kier alpha value is -2.27. The molecule has 0 unspecified atom stereocenters. The molecule has 0 spiro atoms. The molecule has 0 aliphatic rings. The topological polar surface area (TPSA) is 47.7 Å². The van der Waals surface area contributed by atoms with E-state index in [0.717, 1.165) is 22.9 Å². The zero-order valence-corrected chi connectivity index (χ0v) is 12.2. The van der Waals surface area contributed by atoms with Crippen LogP contribution in [0.15, 0.2) is 48.5 Å². The second kappa shape index (κ2) is 6.25. The summed E-state index contributed by atoms with van der Waals surface area (Å²) in [6.45, 7) is 0. The van der Waals surface area contributed by atoms with E-state index in [9.17, 15) is 0 Å². The molecule has 0 fully saturated rings. The molecule has 5 heteroatoms. The molecule has 2 rings (SSSR count). The van der Waals surface area contributed by atoms with Crippen LogP contribution in [0, 0.1) is 0 Å². The van der Waals surface area contributed by atoms with Crippen LogP contribution in [0.3, 0.4) is 0 Å². The highest BCUT2D eigenvalue weighted by atomic mass is 32.1. The standard InChI is InChI=1S/C15H16N2O2S/c1-18-13-7-3-11(4-8-13)17(15(16)20)12-5-9-14(19-2)10-6-12/h3-10H,1-2H3,(H2,16,20). The summed E-state index contributed by atoms with van der Waals surface area (Å²) >= 11 is 5.14. The predicted octanol–water partition coefficient (Wildman–Crippen LogP) is 3.09. The third kappa shape index (κ3) is 3.00. The maximum absolute atomic E-state index is 5.84. The largest absolute Gasteiger partial charge is 0.497 e. The van der Waals surface area contributed by atoms with Crippen molar-refractivity contribution in [1.29, 1.82) is 0 Å². The summed E-state index contributed by atoms with van der Waals surface area (Å²) < 4.78 is 10.3. The van der Waals surface area contributed by atoms with Gasteiger partial charge >= 0.3 is 0 Å². The molecule has 2 aromatic carbocycles. The first kappa shape index (κ1) is 14.1. The number of methoxy groups -OCH3 is 2. The zero-order valence-electron chi connectivity index (χ0n) is 11.4. The Kier molecular flexibility index (Phi) is 4.42. The molecular formula is C15H16N2O2S. The Balaban J connectivity index is 2.36. The summed E-state index contributed by atoms with van der Waals surface area (Å²) in [5, 5.41) is 0.278. The number of ether oxygens (including phenoxy) is 2. The molecule has 0 aliphatic carbocycles. The first-order valence-electron chi connectivity index (χ1n) is 6.03. The number of nitrogens with zero attached hydrogens (tertiary/aromatic N) is 1. The lowest BCUT2D eigenvalue weighted by Gasteiger charge is -2.23. The average molecular weight is 288 g/mol. The van der Waals surface area contributed by atoms with Crippen molar-refractivity contribution in [3.05, 3.63) is 48.5 Å². The van der Waals surface area contributed by atoms with Crippen molar-refractivity contribution in [1.82, 2.24) is 0 Å². The molecule has 0 aromatic heterocycles. The van der Waals surface area contributed by atoms with E-state index in [0.29, 0.717) is 0 Å². The summed E-state index contributed by atoms with van der Waals surface area (Å²) in [5.74, 6) is 1.57. The number of nitrogens with two attached hydrogens (primary N) is 1. The van der Waals surface area contributed by atoms with E-state index in [1.54, 1.807) is 19.1 Å². The van der Waals surface area contributed by atoms with Crippen LogP contribution >= 0.6 is 12.2 Å². The molecule has 4 nitrogen and oxygen atoms in total. The number of hydrogen-bond donors (Lipinski definition) is 1. The van der Waals surface area contributed by atoms with E-state index in [4.69, 9.17) is 27.4 Å². The van der Waals surface area contributed by atoms with Crippen LogP contribution < -0.4 is 20.1 Å². The lowest BCUT2D eigenvalue weighted by Crippen LogP contribution is -2.31. The van der Waals surface area contributed by atoms with E-state index < -0.39 is 0 Å². The van der Waals surface area contributed by atoms with Crippen LogP contribution in [0.2, 0.25) is 0 Å². The summed E-state index contributed by atoms with van der Waals surface area (Å²) in [6.07, 6.45) is 0. The van der Waals surface area contributed by atoms with Crippen molar-refractivity contribution in [2.75, 3.05) is 19.1 Å². The predicted molar refractivity (Wildman–Crippen MR) is 84.9 cm³/mol. The van der Waals surface area contributed by atoms with Crippen molar-refractivity contribution in [2.24, 2.45) is 5.73 Å². The van der Waals surface area contributed by atoms with Gasteiger partial charge in [-0.15, -0.1) is 0 Å². The molecule has 0 saturated heterocycles. The number of anilines is 2. The molecule has 0 bridgehead atoms. The molecule has 20 heavy (non-hydrogen) atoms. The minimum atomic E-state index is 0.278. The van der Waals surface area contributed by atoms with Gasteiger partial charge in [-0.25, -0.2) is 0 Å². The lowest BCUT2D eigenvalue weighted by atomic mass is 10.2. The van der Waals surface area contributed by atoms with Gasteiger partial charge in [-0.1, -0.05) is 0 Å². The summed E-state index contributed by atoms with van der Waals surface area (Å²) in [5.41, 5.74) is 7.59. The van der Waals surface area contributed by atoms with Crippen molar-refractivity contribution < 1.29 is 9.47 Å². The number of benzene rings is 2. The van der Waals surface area contributed by atoms with Crippen LogP contribution in [-0.2, 0) is 0 Å². The van der Waals surface area contributed by atoms with Gasteiger partial charge in [0.1, 0.15) is 11.5 Å². The molecule has 2 N–H and O–H groups in total. The molecule has 0 amide bonds. The third-order valence-electron chi connectivity index (χ3n) is 2.88. The average Bonchev–Trinajstić information content (AvgIpc) is 2.48. The Morgan fingerprint density at radius 1 is 0.850 bits per heavy atom.